The second-order valence-electron chi connectivity index (χ2n) is 3.74. The summed E-state index contributed by atoms with van der Waals surface area (Å²) in [5.74, 6) is -0.933. The number of carboxylic acid groups (broad SMARTS) is 1. The highest BCUT2D eigenvalue weighted by Crippen LogP contribution is 2.30. The number of hydrogen-bond donors (Lipinski definition) is 2. The molecule has 0 radical (unpaired) electrons. The van der Waals surface area contributed by atoms with Gasteiger partial charge in [-0.1, -0.05) is 42.5 Å². The van der Waals surface area contributed by atoms with Crippen LogP contribution in [0.5, 0.6) is 5.75 Å². The van der Waals surface area contributed by atoms with E-state index in [0.717, 1.165) is 11.1 Å². The molecule has 0 aromatic heterocycles. The van der Waals surface area contributed by atoms with E-state index in [1.807, 2.05) is 36.4 Å². The predicted molar refractivity (Wildman–Crippen MR) is 64.9 cm³/mol. The molecule has 3 heteroatoms. The number of hydrogen-bond acceptors (Lipinski definition) is 2. The first kappa shape index (κ1) is 11.2. The van der Waals surface area contributed by atoms with E-state index in [2.05, 4.69) is 0 Å². The van der Waals surface area contributed by atoms with Gasteiger partial charge in [0.1, 0.15) is 5.75 Å². The quantitative estimate of drug-likeness (QED) is 0.849. The standard InChI is InChI=1S/C14H12O3/c15-13-8-4-7-11(12(13)9-14(16)17)10-5-2-1-3-6-10/h1-8,15H,9H2,(H,16,17). The summed E-state index contributed by atoms with van der Waals surface area (Å²) >= 11 is 0. The minimum Gasteiger partial charge on any atom is -0.508 e. The van der Waals surface area contributed by atoms with Gasteiger partial charge < -0.3 is 10.2 Å². The van der Waals surface area contributed by atoms with Crippen molar-refractivity contribution < 1.29 is 15.0 Å². The lowest BCUT2D eigenvalue weighted by Crippen LogP contribution is -2.02. The molecule has 0 spiro atoms. The fourth-order valence-electron chi connectivity index (χ4n) is 1.80. The van der Waals surface area contributed by atoms with Crippen molar-refractivity contribution in [3.63, 3.8) is 0 Å². The Morgan fingerprint density at radius 3 is 2.35 bits per heavy atom. The van der Waals surface area contributed by atoms with E-state index in [-0.39, 0.29) is 12.2 Å². The van der Waals surface area contributed by atoms with Crippen LogP contribution in [0.3, 0.4) is 0 Å². The summed E-state index contributed by atoms with van der Waals surface area (Å²) in [6.07, 6.45) is -0.184. The van der Waals surface area contributed by atoms with Gasteiger partial charge in [0.15, 0.2) is 0 Å². The number of phenolic OH excluding ortho intramolecular Hbond substituents is 1. The Bertz CT molecular complexity index is 532. The summed E-state index contributed by atoms with van der Waals surface area (Å²) < 4.78 is 0. The number of phenols is 1. The van der Waals surface area contributed by atoms with Crippen LogP contribution in [0.25, 0.3) is 11.1 Å². The predicted octanol–water partition coefficient (Wildman–Crippen LogP) is 2.69. The molecule has 3 nitrogen and oxygen atoms in total. The van der Waals surface area contributed by atoms with Gasteiger partial charge in [-0.3, -0.25) is 4.79 Å². The summed E-state index contributed by atoms with van der Waals surface area (Å²) in [6.45, 7) is 0. The molecular formula is C14H12O3. The van der Waals surface area contributed by atoms with Crippen molar-refractivity contribution in [2.24, 2.45) is 0 Å². The van der Waals surface area contributed by atoms with Crippen molar-refractivity contribution in [3.8, 4) is 16.9 Å². The van der Waals surface area contributed by atoms with Crippen LogP contribution in [0.15, 0.2) is 48.5 Å². The van der Waals surface area contributed by atoms with E-state index in [1.165, 1.54) is 6.07 Å². The Kier molecular flexibility index (Phi) is 3.10. The molecule has 2 N–H and O–H groups in total. The summed E-state index contributed by atoms with van der Waals surface area (Å²) in [7, 11) is 0. The molecule has 0 bridgehead atoms. The van der Waals surface area contributed by atoms with Crippen molar-refractivity contribution in [3.05, 3.63) is 54.1 Å². The van der Waals surface area contributed by atoms with Crippen LogP contribution in [-0.2, 0) is 11.2 Å². The zero-order valence-corrected chi connectivity index (χ0v) is 9.13. The molecule has 0 saturated heterocycles. The third-order valence-electron chi connectivity index (χ3n) is 2.56. The highest BCUT2D eigenvalue weighted by Gasteiger charge is 2.12. The fraction of sp³-hybridized carbons (Fsp3) is 0.0714. The Balaban J connectivity index is 2.54. The first-order chi connectivity index (χ1) is 8.18. The van der Waals surface area contributed by atoms with Crippen LogP contribution in [0, 0.1) is 0 Å². The molecule has 2 rings (SSSR count). The summed E-state index contributed by atoms with van der Waals surface area (Å²) in [5, 5.41) is 18.6. The molecule has 86 valence electrons. The minimum atomic E-state index is -0.955. The molecule has 0 atom stereocenters. The molecule has 17 heavy (non-hydrogen) atoms. The van der Waals surface area contributed by atoms with Gasteiger partial charge in [-0.05, 0) is 17.2 Å². The van der Waals surface area contributed by atoms with Gasteiger partial charge in [0.05, 0.1) is 6.42 Å². The molecule has 2 aromatic rings. The lowest BCUT2D eigenvalue weighted by Gasteiger charge is -2.09. The molecular weight excluding hydrogens is 216 g/mol. The zero-order valence-electron chi connectivity index (χ0n) is 9.13. The fourth-order valence-corrected chi connectivity index (χ4v) is 1.80. The monoisotopic (exact) mass is 228 g/mol. The van der Waals surface area contributed by atoms with Crippen LogP contribution < -0.4 is 0 Å². The smallest absolute Gasteiger partial charge is 0.307 e. The van der Waals surface area contributed by atoms with E-state index in [0.29, 0.717) is 5.56 Å². The number of carbonyl (C=O) groups is 1. The van der Waals surface area contributed by atoms with Gasteiger partial charge in [0.2, 0.25) is 0 Å². The largest absolute Gasteiger partial charge is 0.508 e. The maximum absolute atomic E-state index is 10.8. The normalized spacial score (nSPS) is 10.1. The maximum atomic E-state index is 10.8. The van der Waals surface area contributed by atoms with Crippen LogP contribution in [0.1, 0.15) is 5.56 Å². The molecule has 2 aromatic carbocycles. The SMILES string of the molecule is O=C(O)Cc1c(O)cccc1-c1ccccc1. The number of rotatable bonds is 3. The Labute approximate surface area is 99.0 Å². The zero-order chi connectivity index (χ0) is 12.3. The van der Waals surface area contributed by atoms with E-state index in [4.69, 9.17) is 5.11 Å². The molecule has 0 amide bonds. The highest BCUT2D eigenvalue weighted by atomic mass is 16.4. The van der Waals surface area contributed by atoms with Gasteiger partial charge in [-0.2, -0.15) is 0 Å². The van der Waals surface area contributed by atoms with Crippen molar-refractivity contribution in [2.75, 3.05) is 0 Å². The van der Waals surface area contributed by atoms with E-state index >= 15 is 0 Å². The first-order valence-corrected chi connectivity index (χ1v) is 5.26. The summed E-state index contributed by atoms with van der Waals surface area (Å²) in [6, 6.07) is 14.5. The van der Waals surface area contributed by atoms with Crippen LogP contribution in [0.4, 0.5) is 0 Å². The van der Waals surface area contributed by atoms with E-state index in [9.17, 15) is 9.90 Å². The third kappa shape index (κ3) is 2.45. The third-order valence-corrected chi connectivity index (χ3v) is 2.56. The summed E-state index contributed by atoms with van der Waals surface area (Å²) in [4.78, 5) is 10.8. The molecule has 0 saturated carbocycles. The second kappa shape index (κ2) is 4.70. The van der Waals surface area contributed by atoms with E-state index < -0.39 is 5.97 Å². The Morgan fingerprint density at radius 1 is 1.00 bits per heavy atom. The average molecular weight is 228 g/mol. The van der Waals surface area contributed by atoms with Crippen molar-refractivity contribution in [1.82, 2.24) is 0 Å². The minimum absolute atomic E-state index is 0.0220. The number of aromatic hydroxyl groups is 1. The Morgan fingerprint density at radius 2 is 1.71 bits per heavy atom. The number of carboxylic acids is 1. The van der Waals surface area contributed by atoms with Gasteiger partial charge >= 0.3 is 5.97 Å². The van der Waals surface area contributed by atoms with Gasteiger partial charge in [0, 0.05) is 5.56 Å². The van der Waals surface area contributed by atoms with Crippen molar-refractivity contribution in [2.45, 2.75) is 6.42 Å². The molecule has 0 fully saturated rings. The number of benzene rings is 2. The molecule has 0 unspecified atom stereocenters. The highest BCUT2D eigenvalue weighted by molar-refractivity contribution is 5.78. The van der Waals surface area contributed by atoms with Gasteiger partial charge in [-0.25, -0.2) is 0 Å². The van der Waals surface area contributed by atoms with Gasteiger partial charge in [-0.15, -0.1) is 0 Å². The van der Waals surface area contributed by atoms with E-state index in [1.54, 1.807) is 6.07 Å². The molecule has 0 aliphatic rings. The molecule has 0 aliphatic carbocycles. The topological polar surface area (TPSA) is 57.5 Å². The number of aliphatic carboxylic acids is 1. The van der Waals surface area contributed by atoms with Crippen LogP contribution in [-0.4, -0.2) is 16.2 Å². The van der Waals surface area contributed by atoms with Crippen LogP contribution >= 0.6 is 0 Å². The lowest BCUT2D eigenvalue weighted by atomic mass is 9.97. The second-order valence-corrected chi connectivity index (χ2v) is 3.74. The summed E-state index contributed by atoms with van der Waals surface area (Å²) in [5.41, 5.74) is 2.11. The first-order valence-electron chi connectivity index (χ1n) is 5.26. The maximum Gasteiger partial charge on any atom is 0.307 e. The average Bonchev–Trinajstić information content (AvgIpc) is 2.32. The van der Waals surface area contributed by atoms with Crippen molar-refractivity contribution in [1.29, 1.82) is 0 Å². The Hall–Kier alpha value is -2.29. The lowest BCUT2D eigenvalue weighted by molar-refractivity contribution is -0.136. The molecule has 0 aliphatic heterocycles. The van der Waals surface area contributed by atoms with Crippen LogP contribution in [0.2, 0.25) is 0 Å². The van der Waals surface area contributed by atoms with Crippen molar-refractivity contribution >= 4 is 5.97 Å². The van der Waals surface area contributed by atoms with Gasteiger partial charge in [0.25, 0.3) is 0 Å². The molecule has 0 heterocycles.